The second kappa shape index (κ2) is 3.57. The number of hydrogen-bond donors (Lipinski definition) is 0. The molecule has 0 aliphatic heterocycles. The van der Waals surface area contributed by atoms with Crippen LogP contribution in [0.2, 0.25) is 5.15 Å². The minimum Gasteiger partial charge on any atom is -0.285 e. The Morgan fingerprint density at radius 2 is 2.06 bits per heavy atom. The predicted molar refractivity (Wildman–Crippen MR) is 61.7 cm³/mol. The molecule has 0 fully saturated rings. The van der Waals surface area contributed by atoms with Crippen LogP contribution < -0.4 is 0 Å². The number of aromatic nitrogens is 4. The van der Waals surface area contributed by atoms with Crippen LogP contribution in [0.15, 0.2) is 43.0 Å². The van der Waals surface area contributed by atoms with Crippen molar-refractivity contribution in [1.29, 1.82) is 0 Å². The Kier molecular flexibility index (Phi) is 2.08. The molecule has 5 heteroatoms. The van der Waals surface area contributed by atoms with Gasteiger partial charge in [-0.05, 0) is 18.2 Å². The standard InChI is InChI=1S/C11H7ClN4/c12-9-6-10(15-7-14-9)16-5-3-8-2-1-4-13-11(8)16/h1-7H. The molecule has 4 nitrogen and oxygen atoms in total. The summed E-state index contributed by atoms with van der Waals surface area (Å²) in [4.78, 5) is 12.3. The minimum atomic E-state index is 0.419. The van der Waals surface area contributed by atoms with Crippen LogP contribution in [0.4, 0.5) is 0 Å². The highest BCUT2D eigenvalue weighted by molar-refractivity contribution is 6.29. The summed E-state index contributed by atoms with van der Waals surface area (Å²) in [5.41, 5.74) is 0.859. The van der Waals surface area contributed by atoms with Crippen LogP contribution in [0.3, 0.4) is 0 Å². The zero-order valence-corrected chi connectivity index (χ0v) is 8.96. The fourth-order valence-electron chi connectivity index (χ4n) is 1.61. The summed E-state index contributed by atoms with van der Waals surface area (Å²) in [6, 6.07) is 7.59. The Hall–Kier alpha value is -1.94. The van der Waals surface area contributed by atoms with E-state index in [4.69, 9.17) is 11.6 Å². The van der Waals surface area contributed by atoms with Crippen molar-refractivity contribution in [1.82, 2.24) is 19.5 Å². The summed E-state index contributed by atoms with van der Waals surface area (Å²) in [6.45, 7) is 0. The summed E-state index contributed by atoms with van der Waals surface area (Å²) in [6.07, 6.45) is 5.10. The molecule has 0 aliphatic rings. The number of pyridine rings is 1. The molecule has 0 saturated heterocycles. The van der Waals surface area contributed by atoms with E-state index in [0.29, 0.717) is 11.0 Å². The van der Waals surface area contributed by atoms with Crippen LogP contribution in [0.5, 0.6) is 0 Å². The molecule has 78 valence electrons. The molecule has 0 aliphatic carbocycles. The molecule has 3 rings (SSSR count). The first-order chi connectivity index (χ1) is 7.84. The second-order valence-corrected chi connectivity index (χ2v) is 3.69. The average Bonchev–Trinajstić information content (AvgIpc) is 2.72. The summed E-state index contributed by atoms with van der Waals surface area (Å²) in [5.74, 6) is 0.716. The lowest BCUT2D eigenvalue weighted by molar-refractivity contribution is 0.996. The fourth-order valence-corrected chi connectivity index (χ4v) is 1.75. The zero-order valence-electron chi connectivity index (χ0n) is 8.21. The van der Waals surface area contributed by atoms with E-state index < -0.39 is 0 Å². The molecule has 3 aromatic heterocycles. The Balaban J connectivity index is 2.26. The second-order valence-electron chi connectivity index (χ2n) is 3.30. The quantitative estimate of drug-likeness (QED) is 0.603. The first-order valence-corrected chi connectivity index (χ1v) is 5.12. The molecule has 3 heterocycles. The van der Waals surface area contributed by atoms with Gasteiger partial charge < -0.3 is 0 Å². The third-order valence-corrected chi connectivity index (χ3v) is 2.52. The van der Waals surface area contributed by atoms with Crippen LogP contribution in [0.1, 0.15) is 0 Å². The van der Waals surface area contributed by atoms with Crippen molar-refractivity contribution in [2.24, 2.45) is 0 Å². The lowest BCUT2D eigenvalue weighted by atomic mass is 10.3. The molecular formula is C11H7ClN4. The van der Waals surface area contributed by atoms with Crippen molar-refractivity contribution in [2.75, 3.05) is 0 Å². The van der Waals surface area contributed by atoms with Crippen LogP contribution >= 0.6 is 11.6 Å². The van der Waals surface area contributed by atoms with Gasteiger partial charge in [-0.3, -0.25) is 4.57 Å². The molecule has 0 bridgehead atoms. The van der Waals surface area contributed by atoms with Crippen molar-refractivity contribution in [3.05, 3.63) is 48.1 Å². The van der Waals surface area contributed by atoms with E-state index in [0.717, 1.165) is 11.0 Å². The van der Waals surface area contributed by atoms with E-state index >= 15 is 0 Å². The van der Waals surface area contributed by atoms with Crippen LogP contribution in [-0.2, 0) is 0 Å². The van der Waals surface area contributed by atoms with E-state index in [1.165, 1.54) is 6.33 Å². The van der Waals surface area contributed by atoms with Gasteiger partial charge in [0.15, 0.2) is 0 Å². The zero-order chi connectivity index (χ0) is 11.0. The van der Waals surface area contributed by atoms with Gasteiger partial charge in [0, 0.05) is 23.8 Å². The minimum absolute atomic E-state index is 0.419. The van der Waals surface area contributed by atoms with E-state index in [-0.39, 0.29) is 0 Å². The number of rotatable bonds is 1. The Morgan fingerprint density at radius 3 is 2.94 bits per heavy atom. The molecule has 0 saturated carbocycles. The van der Waals surface area contributed by atoms with Crippen LogP contribution in [0, 0.1) is 0 Å². The maximum Gasteiger partial charge on any atom is 0.145 e. The third-order valence-electron chi connectivity index (χ3n) is 2.31. The van der Waals surface area contributed by atoms with Gasteiger partial charge in [-0.15, -0.1) is 0 Å². The Labute approximate surface area is 96.6 Å². The number of hydrogen-bond acceptors (Lipinski definition) is 3. The highest BCUT2D eigenvalue weighted by atomic mass is 35.5. The van der Waals surface area contributed by atoms with Gasteiger partial charge in [0.05, 0.1) is 0 Å². The molecule has 0 spiro atoms. The molecular weight excluding hydrogens is 224 g/mol. The van der Waals surface area contributed by atoms with Gasteiger partial charge in [-0.1, -0.05) is 11.6 Å². The van der Waals surface area contributed by atoms with Gasteiger partial charge in [-0.25, -0.2) is 15.0 Å². The largest absolute Gasteiger partial charge is 0.285 e. The fraction of sp³-hybridized carbons (Fsp3) is 0. The van der Waals surface area contributed by atoms with E-state index in [1.807, 2.05) is 29.0 Å². The molecule has 0 unspecified atom stereocenters. The van der Waals surface area contributed by atoms with Gasteiger partial charge >= 0.3 is 0 Å². The van der Waals surface area contributed by atoms with Gasteiger partial charge in [0.2, 0.25) is 0 Å². The maximum absolute atomic E-state index is 5.83. The molecule has 0 atom stereocenters. The lowest BCUT2D eigenvalue weighted by Gasteiger charge is -2.02. The van der Waals surface area contributed by atoms with Gasteiger partial charge in [0.25, 0.3) is 0 Å². The third kappa shape index (κ3) is 1.44. The number of nitrogens with zero attached hydrogens (tertiary/aromatic N) is 4. The van der Waals surface area contributed by atoms with Crippen molar-refractivity contribution in [3.8, 4) is 5.82 Å². The number of halogens is 1. The predicted octanol–water partition coefficient (Wildman–Crippen LogP) is 2.47. The SMILES string of the molecule is Clc1cc(-n2ccc3cccnc32)ncn1. The maximum atomic E-state index is 5.83. The van der Waals surface area contributed by atoms with Crippen molar-refractivity contribution < 1.29 is 0 Å². The monoisotopic (exact) mass is 230 g/mol. The van der Waals surface area contributed by atoms with E-state index in [9.17, 15) is 0 Å². The first-order valence-electron chi connectivity index (χ1n) is 4.74. The normalized spacial score (nSPS) is 10.8. The summed E-state index contributed by atoms with van der Waals surface area (Å²) in [7, 11) is 0. The van der Waals surface area contributed by atoms with Crippen molar-refractivity contribution in [2.45, 2.75) is 0 Å². The molecule has 0 N–H and O–H groups in total. The van der Waals surface area contributed by atoms with Gasteiger partial charge in [-0.2, -0.15) is 0 Å². The highest BCUT2D eigenvalue weighted by Crippen LogP contribution is 2.17. The van der Waals surface area contributed by atoms with Crippen LogP contribution in [-0.4, -0.2) is 19.5 Å². The molecule has 0 radical (unpaired) electrons. The number of fused-ring (bicyclic) bond motifs is 1. The van der Waals surface area contributed by atoms with Crippen molar-refractivity contribution in [3.63, 3.8) is 0 Å². The molecule has 0 aromatic carbocycles. The van der Waals surface area contributed by atoms with E-state index in [2.05, 4.69) is 15.0 Å². The topological polar surface area (TPSA) is 43.6 Å². The highest BCUT2D eigenvalue weighted by Gasteiger charge is 2.05. The molecule has 0 amide bonds. The summed E-state index contributed by atoms with van der Waals surface area (Å²) in [5, 5.41) is 1.49. The molecule has 16 heavy (non-hydrogen) atoms. The molecule has 3 aromatic rings. The van der Waals surface area contributed by atoms with Crippen molar-refractivity contribution >= 4 is 22.6 Å². The summed E-state index contributed by atoms with van der Waals surface area (Å²) < 4.78 is 1.88. The Morgan fingerprint density at radius 1 is 1.12 bits per heavy atom. The average molecular weight is 231 g/mol. The Bertz CT molecular complexity index is 647. The first kappa shape index (κ1) is 9.30. The van der Waals surface area contributed by atoms with Crippen LogP contribution in [0.25, 0.3) is 16.9 Å². The lowest BCUT2D eigenvalue weighted by Crippen LogP contribution is -1.97. The van der Waals surface area contributed by atoms with E-state index in [1.54, 1.807) is 12.3 Å². The van der Waals surface area contributed by atoms with Gasteiger partial charge in [0.1, 0.15) is 22.9 Å². The smallest absolute Gasteiger partial charge is 0.145 e. The summed E-state index contributed by atoms with van der Waals surface area (Å²) >= 11 is 5.83.